The van der Waals surface area contributed by atoms with Gasteiger partial charge in [-0.3, -0.25) is 0 Å². The van der Waals surface area contributed by atoms with Gasteiger partial charge in [0, 0.05) is 0 Å². The number of rotatable bonds is 6. The monoisotopic (exact) mass is 438 g/mol. The molecule has 0 saturated carbocycles. The second-order valence-electron chi connectivity index (χ2n) is 4.10. The van der Waals surface area contributed by atoms with Gasteiger partial charge in [-0.05, 0) is 0 Å². The number of nitrogens with one attached hydrogen (secondary N) is 1. The molecule has 1 saturated heterocycles. The van der Waals surface area contributed by atoms with Crippen molar-refractivity contribution in [3.8, 4) is 0 Å². The fourth-order valence-electron chi connectivity index (χ4n) is 2.08. The number of halogens is 2. The molecule has 0 bridgehead atoms. The van der Waals surface area contributed by atoms with Gasteiger partial charge >= 0.3 is 115 Å². The van der Waals surface area contributed by atoms with Crippen molar-refractivity contribution in [1.82, 2.24) is 13.3 Å². The Morgan fingerprint density at radius 3 is 2.67 bits per heavy atom. The molecule has 0 aliphatic carbocycles. The van der Waals surface area contributed by atoms with Crippen LogP contribution in [0, 0.1) is 0 Å². The molecule has 0 spiro atoms. The van der Waals surface area contributed by atoms with Gasteiger partial charge in [-0.25, -0.2) is 0 Å². The van der Waals surface area contributed by atoms with Crippen LogP contribution in [0.4, 0.5) is 0 Å². The molecule has 1 fully saturated rings. The zero-order valence-electron chi connectivity index (χ0n) is 9.68. The van der Waals surface area contributed by atoms with E-state index in [2.05, 4.69) is 45.9 Å². The number of nitrogens with zero attached hydrogens (tertiary/aromatic N) is 2. The molecule has 15 heavy (non-hydrogen) atoms. The van der Waals surface area contributed by atoms with E-state index in [0.29, 0.717) is 0 Å². The predicted octanol–water partition coefficient (Wildman–Crippen LogP) is -1.65. The van der Waals surface area contributed by atoms with Gasteiger partial charge in [0.2, 0.25) is 0 Å². The molecular weight excluding hydrogens is 416 g/mol. The van der Waals surface area contributed by atoms with Crippen molar-refractivity contribution in [2.75, 3.05) is 39.8 Å². The number of hydrogen-bond acceptors (Lipinski definition) is 3. The average molecular weight is 438 g/mol. The maximum atomic E-state index is 3.49. The van der Waals surface area contributed by atoms with Gasteiger partial charge in [-0.15, -0.1) is 0 Å². The molecule has 0 aromatic heterocycles. The third-order valence-corrected chi connectivity index (χ3v) is 6.01. The Morgan fingerprint density at radius 1 is 1.47 bits per heavy atom. The summed E-state index contributed by atoms with van der Waals surface area (Å²) in [5, 5.41) is 0. The van der Waals surface area contributed by atoms with Crippen molar-refractivity contribution in [2.45, 2.75) is 25.8 Å². The van der Waals surface area contributed by atoms with Gasteiger partial charge in [0.25, 0.3) is 0 Å². The molecule has 1 N–H and O–H groups in total. The number of hydrogen-bond donors (Lipinski definition) is 1. The summed E-state index contributed by atoms with van der Waals surface area (Å²) in [5.74, 6) is 0. The van der Waals surface area contributed by atoms with E-state index in [1.165, 1.54) is 45.6 Å². The standard InChI is InChI=1S/C10H22I2N3/c1-3-14(2)10-4-7-15(8-5-10)9-6-13-12-11/h10,13H,3-9H2,1-2H3/q-1. The molecule has 0 unspecified atom stereocenters. The van der Waals surface area contributed by atoms with Gasteiger partial charge in [0.1, 0.15) is 0 Å². The molecule has 0 amide bonds. The fraction of sp³-hybridized carbons (Fsp3) is 1.00. The summed E-state index contributed by atoms with van der Waals surface area (Å²) in [6.07, 6.45) is 2.70. The van der Waals surface area contributed by atoms with Crippen molar-refractivity contribution in [3.63, 3.8) is 0 Å². The van der Waals surface area contributed by atoms with Gasteiger partial charge in [0.15, 0.2) is 0 Å². The second kappa shape index (κ2) is 8.43. The normalized spacial score (nSPS) is 20.3. The summed E-state index contributed by atoms with van der Waals surface area (Å²) in [6, 6.07) is 0.830. The van der Waals surface area contributed by atoms with Crippen LogP contribution in [-0.2, 0) is 0 Å². The third-order valence-electron chi connectivity index (χ3n) is 3.25. The molecule has 1 rings (SSSR count). The van der Waals surface area contributed by atoms with E-state index in [-0.39, 0.29) is 17.5 Å². The molecule has 0 aromatic rings. The minimum atomic E-state index is 0.241. The van der Waals surface area contributed by atoms with Crippen LogP contribution >= 0.6 is 18.6 Å². The van der Waals surface area contributed by atoms with E-state index >= 15 is 0 Å². The summed E-state index contributed by atoms with van der Waals surface area (Å²) < 4.78 is 3.49. The Balaban J connectivity index is 2.12. The van der Waals surface area contributed by atoms with Crippen molar-refractivity contribution in [2.24, 2.45) is 0 Å². The van der Waals surface area contributed by atoms with Crippen LogP contribution in [0.15, 0.2) is 0 Å². The molecule has 0 atom stereocenters. The van der Waals surface area contributed by atoms with E-state index in [1.807, 2.05) is 0 Å². The van der Waals surface area contributed by atoms with E-state index in [1.54, 1.807) is 0 Å². The van der Waals surface area contributed by atoms with Gasteiger partial charge in [-0.2, -0.15) is 0 Å². The zero-order valence-corrected chi connectivity index (χ0v) is 14.0. The van der Waals surface area contributed by atoms with E-state index in [9.17, 15) is 0 Å². The number of likely N-dealkylation sites (tertiary alicyclic amines) is 1. The molecule has 3 nitrogen and oxygen atoms in total. The van der Waals surface area contributed by atoms with E-state index < -0.39 is 0 Å². The first-order valence-corrected chi connectivity index (χ1v) is 13.0. The molecule has 1 heterocycles. The van der Waals surface area contributed by atoms with Crippen LogP contribution in [-0.4, -0.2) is 55.6 Å². The Morgan fingerprint density at radius 2 is 2.13 bits per heavy atom. The summed E-state index contributed by atoms with van der Waals surface area (Å²) >= 11 is 2.71. The molecule has 0 aromatic carbocycles. The molecular formula is C10H22I2N3-. The van der Waals surface area contributed by atoms with Crippen molar-refractivity contribution >= 4 is 18.6 Å². The summed E-state index contributed by atoms with van der Waals surface area (Å²) in [4.78, 5) is 5.09. The molecule has 92 valence electrons. The van der Waals surface area contributed by atoms with Crippen LogP contribution in [0.3, 0.4) is 0 Å². The van der Waals surface area contributed by atoms with Gasteiger partial charge < -0.3 is 0 Å². The molecule has 1 aliphatic rings. The Bertz CT molecular complexity index is 161. The second-order valence-corrected chi connectivity index (χ2v) is 8.01. The summed E-state index contributed by atoms with van der Waals surface area (Å²) in [7, 11) is 2.25. The van der Waals surface area contributed by atoms with Crippen molar-refractivity contribution in [1.29, 1.82) is 0 Å². The van der Waals surface area contributed by atoms with Crippen LogP contribution in [0.2, 0.25) is 0 Å². The van der Waals surface area contributed by atoms with E-state index in [4.69, 9.17) is 0 Å². The van der Waals surface area contributed by atoms with Gasteiger partial charge in [0.05, 0.1) is 0 Å². The van der Waals surface area contributed by atoms with Crippen molar-refractivity contribution < 1.29 is 17.5 Å². The van der Waals surface area contributed by atoms with Crippen LogP contribution < -0.4 is 21.0 Å². The topological polar surface area (TPSA) is 18.5 Å². The van der Waals surface area contributed by atoms with E-state index in [0.717, 1.165) is 6.04 Å². The summed E-state index contributed by atoms with van der Waals surface area (Å²) in [5.41, 5.74) is 0. The first-order chi connectivity index (χ1) is 7.27. The fourth-order valence-corrected chi connectivity index (χ4v) is 3.89. The third kappa shape index (κ3) is 5.47. The quantitative estimate of drug-likeness (QED) is 0.305. The van der Waals surface area contributed by atoms with Gasteiger partial charge in [-0.1, -0.05) is 0 Å². The first-order valence-electron chi connectivity index (χ1n) is 5.68. The Kier molecular flexibility index (Phi) is 8.10. The zero-order chi connectivity index (χ0) is 11.1. The summed E-state index contributed by atoms with van der Waals surface area (Å²) in [6.45, 7) is 8.44. The Hall–Kier alpha value is 1.34. The van der Waals surface area contributed by atoms with Crippen LogP contribution in [0.25, 0.3) is 0 Å². The first kappa shape index (κ1) is 14.4. The molecule has 5 heteroatoms. The minimum absolute atomic E-state index is 0.241. The van der Waals surface area contributed by atoms with Crippen LogP contribution in [0.5, 0.6) is 0 Å². The van der Waals surface area contributed by atoms with Crippen LogP contribution in [0.1, 0.15) is 19.8 Å². The average Bonchev–Trinajstić information content (AvgIpc) is 2.29. The van der Waals surface area contributed by atoms with Crippen molar-refractivity contribution in [3.05, 3.63) is 0 Å². The molecule has 1 aliphatic heterocycles. The molecule has 0 radical (unpaired) electrons. The maximum absolute atomic E-state index is 3.49. The Labute approximate surface area is 114 Å². The predicted molar refractivity (Wildman–Crippen MR) is 69.8 cm³/mol. The SMILES string of the molecule is CCN(C)C1CCN(CCN[I-]I)CC1. The number of piperidine rings is 1.